The van der Waals surface area contributed by atoms with Crippen molar-refractivity contribution in [2.75, 3.05) is 13.3 Å². The standard InChI is InChI=1S/C16H24N2O3S/c1-18(22(2,20)21)15(13-9-5-3-6-10-13)16(19)17-14-11-7-4-8-12-14/h3,5-6,9-10,14-15H,4,7-8,11-12H2,1-2H3,(H,17,19)/t15-/m1/s1. The smallest absolute Gasteiger partial charge is 0.243 e. The number of amides is 1. The number of benzene rings is 1. The first-order valence-electron chi connectivity index (χ1n) is 7.68. The summed E-state index contributed by atoms with van der Waals surface area (Å²) in [6, 6.07) is 8.37. The third kappa shape index (κ3) is 4.30. The van der Waals surface area contributed by atoms with Gasteiger partial charge in [0.2, 0.25) is 15.9 Å². The van der Waals surface area contributed by atoms with Crippen LogP contribution in [0.15, 0.2) is 30.3 Å². The second kappa shape index (κ2) is 7.24. The van der Waals surface area contributed by atoms with Crippen LogP contribution >= 0.6 is 0 Å². The van der Waals surface area contributed by atoms with Crippen molar-refractivity contribution in [2.45, 2.75) is 44.2 Å². The van der Waals surface area contributed by atoms with Crippen LogP contribution in [0.25, 0.3) is 0 Å². The first kappa shape index (κ1) is 17.0. The van der Waals surface area contributed by atoms with Gasteiger partial charge in [-0.2, -0.15) is 4.31 Å². The molecule has 1 N–H and O–H groups in total. The van der Waals surface area contributed by atoms with Gasteiger partial charge in [-0.15, -0.1) is 0 Å². The highest BCUT2D eigenvalue weighted by molar-refractivity contribution is 7.88. The molecular formula is C16H24N2O3S. The lowest BCUT2D eigenvalue weighted by Gasteiger charge is -2.29. The Bertz CT molecular complexity index is 595. The number of nitrogens with one attached hydrogen (secondary N) is 1. The van der Waals surface area contributed by atoms with Crippen molar-refractivity contribution in [2.24, 2.45) is 0 Å². The molecule has 0 aromatic heterocycles. The normalized spacial score (nSPS) is 18.1. The molecule has 122 valence electrons. The molecule has 1 atom stereocenters. The first-order chi connectivity index (χ1) is 10.4. The van der Waals surface area contributed by atoms with Crippen LogP contribution in [0.5, 0.6) is 0 Å². The Morgan fingerprint density at radius 1 is 1.18 bits per heavy atom. The molecule has 0 spiro atoms. The second-order valence-corrected chi connectivity index (χ2v) is 7.98. The molecule has 1 fully saturated rings. The summed E-state index contributed by atoms with van der Waals surface area (Å²) in [5, 5.41) is 3.03. The number of sulfonamides is 1. The molecule has 0 radical (unpaired) electrons. The predicted molar refractivity (Wildman–Crippen MR) is 86.8 cm³/mol. The highest BCUT2D eigenvalue weighted by Crippen LogP contribution is 2.24. The second-order valence-electron chi connectivity index (χ2n) is 5.94. The van der Waals surface area contributed by atoms with E-state index in [0.717, 1.165) is 36.2 Å². The van der Waals surface area contributed by atoms with Crippen molar-refractivity contribution >= 4 is 15.9 Å². The van der Waals surface area contributed by atoms with E-state index in [0.29, 0.717) is 5.56 Å². The fourth-order valence-corrected chi connectivity index (χ4v) is 3.48. The first-order valence-corrected chi connectivity index (χ1v) is 9.53. The highest BCUT2D eigenvalue weighted by Gasteiger charge is 2.31. The van der Waals surface area contributed by atoms with Crippen LogP contribution in [-0.2, 0) is 14.8 Å². The van der Waals surface area contributed by atoms with Crippen LogP contribution in [0.3, 0.4) is 0 Å². The Morgan fingerprint density at radius 2 is 1.77 bits per heavy atom. The largest absolute Gasteiger partial charge is 0.352 e. The Balaban J connectivity index is 2.22. The molecule has 1 saturated carbocycles. The summed E-state index contributed by atoms with van der Waals surface area (Å²) >= 11 is 0. The average molecular weight is 324 g/mol. The van der Waals surface area contributed by atoms with Gasteiger partial charge < -0.3 is 5.32 Å². The lowest BCUT2D eigenvalue weighted by Crippen LogP contribution is -2.45. The summed E-state index contributed by atoms with van der Waals surface area (Å²) < 4.78 is 24.9. The molecule has 0 bridgehead atoms. The van der Waals surface area contributed by atoms with Crippen molar-refractivity contribution in [1.82, 2.24) is 9.62 Å². The molecule has 5 nitrogen and oxygen atoms in total. The summed E-state index contributed by atoms with van der Waals surface area (Å²) in [6.45, 7) is 0. The minimum absolute atomic E-state index is 0.153. The number of carbonyl (C=O) groups excluding carboxylic acids is 1. The topological polar surface area (TPSA) is 66.5 Å². The van der Waals surface area contributed by atoms with Crippen LogP contribution in [0.1, 0.15) is 43.7 Å². The summed E-state index contributed by atoms with van der Waals surface area (Å²) in [6.07, 6.45) is 6.49. The molecule has 0 heterocycles. The zero-order chi connectivity index (χ0) is 16.2. The van der Waals surface area contributed by atoms with Crippen molar-refractivity contribution < 1.29 is 13.2 Å². The van der Waals surface area contributed by atoms with Gasteiger partial charge in [-0.05, 0) is 18.4 Å². The van der Waals surface area contributed by atoms with Crippen LogP contribution in [0, 0.1) is 0 Å². The van der Waals surface area contributed by atoms with Crippen molar-refractivity contribution in [3.63, 3.8) is 0 Å². The Hall–Kier alpha value is -1.40. The van der Waals surface area contributed by atoms with Crippen LogP contribution in [0.2, 0.25) is 0 Å². The van der Waals surface area contributed by atoms with E-state index in [4.69, 9.17) is 0 Å². The van der Waals surface area contributed by atoms with E-state index in [2.05, 4.69) is 5.32 Å². The van der Waals surface area contributed by atoms with Crippen LogP contribution in [0.4, 0.5) is 0 Å². The maximum Gasteiger partial charge on any atom is 0.243 e. The van der Waals surface area contributed by atoms with Crippen molar-refractivity contribution in [3.8, 4) is 0 Å². The molecule has 1 aliphatic carbocycles. The Labute approximate surface area is 132 Å². The minimum Gasteiger partial charge on any atom is -0.352 e. The van der Waals surface area contributed by atoms with Gasteiger partial charge in [0.15, 0.2) is 0 Å². The molecule has 1 aromatic carbocycles. The third-order valence-corrected chi connectivity index (χ3v) is 5.46. The fraction of sp³-hybridized carbons (Fsp3) is 0.562. The number of likely N-dealkylation sites (N-methyl/N-ethyl adjacent to an activating group) is 1. The average Bonchev–Trinajstić information content (AvgIpc) is 2.48. The lowest BCUT2D eigenvalue weighted by molar-refractivity contribution is -0.125. The maximum atomic E-state index is 12.7. The summed E-state index contributed by atoms with van der Waals surface area (Å²) in [4.78, 5) is 12.7. The van der Waals surface area contributed by atoms with Gasteiger partial charge in [0.1, 0.15) is 6.04 Å². The monoisotopic (exact) mass is 324 g/mol. The van der Waals surface area contributed by atoms with E-state index in [-0.39, 0.29) is 11.9 Å². The predicted octanol–water partition coefficient (Wildman–Crippen LogP) is 2.07. The van der Waals surface area contributed by atoms with E-state index in [1.807, 2.05) is 18.2 Å². The van der Waals surface area contributed by atoms with Gasteiger partial charge in [-0.1, -0.05) is 49.6 Å². The van der Waals surface area contributed by atoms with Gasteiger partial charge in [-0.25, -0.2) is 8.42 Å². The van der Waals surface area contributed by atoms with E-state index in [1.54, 1.807) is 12.1 Å². The molecule has 0 saturated heterocycles. The SMILES string of the molecule is CN([C@@H](C(=O)NC1CCCCC1)c1ccccc1)S(C)(=O)=O. The Morgan fingerprint density at radius 3 is 2.32 bits per heavy atom. The number of carbonyl (C=O) groups is 1. The van der Waals surface area contributed by atoms with Crippen LogP contribution in [-0.4, -0.2) is 38.0 Å². The summed E-state index contributed by atoms with van der Waals surface area (Å²) in [5.74, 6) is -0.244. The molecule has 0 unspecified atom stereocenters. The summed E-state index contributed by atoms with van der Waals surface area (Å²) in [7, 11) is -2.01. The lowest BCUT2D eigenvalue weighted by atomic mass is 9.95. The number of hydrogen-bond donors (Lipinski definition) is 1. The maximum absolute atomic E-state index is 12.7. The molecule has 1 amide bonds. The number of nitrogens with zero attached hydrogens (tertiary/aromatic N) is 1. The molecule has 1 aliphatic rings. The van der Waals surface area contributed by atoms with Crippen molar-refractivity contribution in [1.29, 1.82) is 0 Å². The highest BCUT2D eigenvalue weighted by atomic mass is 32.2. The zero-order valence-electron chi connectivity index (χ0n) is 13.2. The zero-order valence-corrected chi connectivity index (χ0v) is 14.0. The van der Waals surface area contributed by atoms with Crippen LogP contribution < -0.4 is 5.32 Å². The van der Waals surface area contributed by atoms with E-state index < -0.39 is 16.1 Å². The van der Waals surface area contributed by atoms with E-state index >= 15 is 0 Å². The molecule has 6 heteroatoms. The Kier molecular flexibility index (Phi) is 5.58. The van der Waals surface area contributed by atoms with E-state index in [9.17, 15) is 13.2 Å². The van der Waals surface area contributed by atoms with Gasteiger partial charge in [-0.3, -0.25) is 4.79 Å². The molecule has 1 aromatic rings. The van der Waals surface area contributed by atoms with E-state index in [1.165, 1.54) is 13.5 Å². The van der Waals surface area contributed by atoms with Gasteiger partial charge >= 0.3 is 0 Å². The minimum atomic E-state index is -3.46. The number of hydrogen-bond acceptors (Lipinski definition) is 3. The third-order valence-electron chi connectivity index (χ3n) is 4.20. The number of rotatable bonds is 5. The molecule has 0 aliphatic heterocycles. The fourth-order valence-electron chi connectivity index (χ4n) is 2.88. The quantitative estimate of drug-likeness (QED) is 0.901. The van der Waals surface area contributed by atoms with Gasteiger partial charge in [0, 0.05) is 13.1 Å². The molecular weight excluding hydrogens is 300 g/mol. The molecule has 2 rings (SSSR count). The van der Waals surface area contributed by atoms with Crippen molar-refractivity contribution in [3.05, 3.63) is 35.9 Å². The molecule has 22 heavy (non-hydrogen) atoms. The van der Waals surface area contributed by atoms with Gasteiger partial charge in [0.25, 0.3) is 0 Å². The summed E-state index contributed by atoms with van der Waals surface area (Å²) in [5.41, 5.74) is 0.684. The van der Waals surface area contributed by atoms with Gasteiger partial charge in [0.05, 0.1) is 6.26 Å².